The maximum absolute atomic E-state index is 12.9. The number of amides is 3. The van der Waals surface area contributed by atoms with Crippen LogP contribution in [0, 0.1) is 0 Å². The Morgan fingerprint density at radius 3 is 2.35 bits per heavy atom. The molecule has 1 fully saturated rings. The Labute approximate surface area is 190 Å². The van der Waals surface area contributed by atoms with Crippen molar-refractivity contribution in [2.24, 2.45) is 0 Å². The van der Waals surface area contributed by atoms with Gasteiger partial charge in [0.25, 0.3) is 17.7 Å². The van der Waals surface area contributed by atoms with Crippen LogP contribution in [0.5, 0.6) is 0 Å². The van der Waals surface area contributed by atoms with E-state index in [2.05, 4.69) is 10.6 Å². The third kappa shape index (κ3) is 4.60. The predicted octanol–water partition coefficient (Wildman–Crippen LogP) is 5.16. The Morgan fingerprint density at radius 1 is 0.903 bits per heavy atom. The standard InChI is InChI=1S/C23H21Cl2N3O3/c24-15-7-5-9-17(13-15)27-21(29)14-6-4-8-16(12-14)26-20-19(25)22(30)28(23(20)31)18-10-2-1-3-11-18/h4-9,12-13,18,26H,1-3,10-11H2,(H,27,29). The van der Waals surface area contributed by atoms with Crippen molar-refractivity contribution in [3.05, 3.63) is 69.8 Å². The normalized spacial score (nSPS) is 17.3. The fraction of sp³-hybridized carbons (Fsp3) is 0.261. The summed E-state index contributed by atoms with van der Waals surface area (Å²) in [6.45, 7) is 0. The SMILES string of the molecule is O=C(Nc1cccc(Cl)c1)c1cccc(NC2=C(Cl)C(=O)N(C3CCCCC3)C2=O)c1. The van der Waals surface area contributed by atoms with E-state index in [0.29, 0.717) is 22.0 Å². The van der Waals surface area contributed by atoms with Crippen molar-refractivity contribution in [2.75, 3.05) is 10.6 Å². The minimum atomic E-state index is -0.462. The van der Waals surface area contributed by atoms with E-state index < -0.39 is 11.8 Å². The average molecular weight is 458 g/mol. The fourth-order valence-corrected chi connectivity index (χ4v) is 4.36. The van der Waals surface area contributed by atoms with E-state index in [1.807, 2.05) is 0 Å². The maximum Gasteiger partial charge on any atom is 0.279 e. The second-order valence-electron chi connectivity index (χ2n) is 7.63. The number of hydrogen-bond donors (Lipinski definition) is 2. The summed E-state index contributed by atoms with van der Waals surface area (Å²) in [5.41, 5.74) is 1.48. The first kappa shape index (κ1) is 21.4. The van der Waals surface area contributed by atoms with E-state index in [0.717, 1.165) is 32.1 Å². The van der Waals surface area contributed by atoms with Crippen LogP contribution in [-0.4, -0.2) is 28.7 Å². The molecule has 3 amide bonds. The van der Waals surface area contributed by atoms with Crippen LogP contribution in [0.15, 0.2) is 59.3 Å². The van der Waals surface area contributed by atoms with Gasteiger partial charge in [-0.3, -0.25) is 19.3 Å². The van der Waals surface area contributed by atoms with E-state index >= 15 is 0 Å². The van der Waals surface area contributed by atoms with Crippen molar-refractivity contribution >= 4 is 52.3 Å². The summed E-state index contributed by atoms with van der Waals surface area (Å²) >= 11 is 12.2. The second-order valence-corrected chi connectivity index (χ2v) is 8.45. The Hall–Kier alpha value is -2.83. The van der Waals surface area contributed by atoms with Crippen molar-refractivity contribution in [3.8, 4) is 0 Å². The number of halogens is 2. The van der Waals surface area contributed by atoms with Crippen LogP contribution in [-0.2, 0) is 9.59 Å². The summed E-state index contributed by atoms with van der Waals surface area (Å²) < 4.78 is 0. The number of carbonyl (C=O) groups excluding carboxylic acids is 3. The molecule has 6 nitrogen and oxygen atoms in total. The number of carbonyl (C=O) groups is 3. The quantitative estimate of drug-likeness (QED) is 0.607. The van der Waals surface area contributed by atoms with Crippen LogP contribution < -0.4 is 10.6 Å². The van der Waals surface area contributed by atoms with Crippen LogP contribution in [0.3, 0.4) is 0 Å². The van der Waals surface area contributed by atoms with Gasteiger partial charge in [0.05, 0.1) is 0 Å². The molecule has 0 radical (unpaired) electrons. The van der Waals surface area contributed by atoms with E-state index in [1.54, 1.807) is 48.5 Å². The minimum absolute atomic E-state index is 0.0460. The lowest BCUT2D eigenvalue weighted by molar-refractivity contribution is -0.140. The zero-order valence-corrected chi connectivity index (χ0v) is 18.2. The molecule has 1 aliphatic carbocycles. The predicted molar refractivity (Wildman–Crippen MR) is 121 cm³/mol. The van der Waals surface area contributed by atoms with Crippen molar-refractivity contribution in [3.63, 3.8) is 0 Å². The highest BCUT2D eigenvalue weighted by Crippen LogP contribution is 2.32. The molecule has 2 N–H and O–H groups in total. The fourth-order valence-electron chi connectivity index (χ4n) is 3.95. The van der Waals surface area contributed by atoms with Gasteiger partial charge in [0.2, 0.25) is 0 Å². The van der Waals surface area contributed by atoms with Crippen LogP contribution in [0.4, 0.5) is 11.4 Å². The lowest BCUT2D eigenvalue weighted by atomic mass is 9.94. The topological polar surface area (TPSA) is 78.5 Å². The van der Waals surface area contributed by atoms with Crippen molar-refractivity contribution < 1.29 is 14.4 Å². The average Bonchev–Trinajstić information content (AvgIpc) is 2.98. The van der Waals surface area contributed by atoms with Gasteiger partial charge >= 0.3 is 0 Å². The molecule has 1 heterocycles. The Bertz CT molecular complexity index is 1080. The Kier molecular flexibility index (Phi) is 6.30. The highest BCUT2D eigenvalue weighted by molar-refractivity contribution is 6.48. The molecule has 1 saturated carbocycles. The number of hydrogen-bond acceptors (Lipinski definition) is 4. The van der Waals surface area contributed by atoms with E-state index in [4.69, 9.17) is 23.2 Å². The van der Waals surface area contributed by atoms with Gasteiger partial charge < -0.3 is 10.6 Å². The van der Waals surface area contributed by atoms with Gasteiger partial charge in [0.1, 0.15) is 10.7 Å². The van der Waals surface area contributed by atoms with Crippen LogP contribution in [0.25, 0.3) is 0 Å². The summed E-state index contributed by atoms with van der Waals surface area (Å²) in [6.07, 6.45) is 4.70. The van der Waals surface area contributed by atoms with Crippen molar-refractivity contribution in [1.82, 2.24) is 4.90 Å². The first-order chi connectivity index (χ1) is 14.9. The number of anilines is 2. The molecule has 0 atom stereocenters. The molecular formula is C23H21Cl2N3O3. The Morgan fingerprint density at radius 2 is 1.61 bits per heavy atom. The van der Waals surface area contributed by atoms with Gasteiger partial charge in [0, 0.05) is 28.0 Å². The zero-order chi connectivity index (χ0) is 22.0. The lowest BCUT2D eigenvalue weighted by Gasteiger charge is -2.29. The van der Waals surface area contributed by atoms with Gasteiger partial charge in [-0.05, 0) is 49.2 Å². The third-order valence-electron chi connectivity index (χ3n) is 5.48. The van der Waals surface area contributed by atoms with Crippen LogP contribution in [0.1, 0.15) is 42.5 Å². The van der Waals surface area contributed by atoms with Gasteiger partial charge in [-0.2, -0.15) is 0 Å². The van der Waals surface area contributed by atoms with E-state index in [9.17, 15) is 14.4 Å². The summed E-state index contributed by atoms with van der Waals surface area (Å²) in [4.78, 5) is 39.4. The third-order valence-corrected chi connectivity index (χ3v) is 6.06. The molecule has 0 spiro atoms. The van der Waals surface area contributed by atoms with Gasteiger partial charge in [-0.25, -0.2) is 0 Å². The molecule has 4 rings (SSSR count). The zero-order valence-electron chi connectivity index (χ0n) is 16.7. The smallest absolute Gasteiger partial charge is 0.279 e. The second kappa shape index (κ2) is 9.12. The van der Waals surface area contributed by atoms with Crippen LogP contribution in [0.2, 0.25) is 5.02 Å². The maximum atomic E-state index is 12.9. The van der Waals surface area contributed by atoms with Crippen molar-refractivity contribution in [2.45, 2.75) is 38.1 Å². The molecule has 2 aromatic carbocycles. The van der Waals surface area contributed by atoms with Gasteiger partial charge in [0.15, 0.2) is 0 Å². The monoisotopic (exact) mass is 457 g/mol. The summed E-state index contributed by atoms with van der Waals surface area (Å²) in [7, 11) is 0. The molecule has 8 heteroatoms. The highest BCUT2D eigenvalue weighted by atomic mass is 35.5. The minimum Gasteiger partial charge on any atom is -0.350 e. The molecule has 0 unspecified atom stereocenters. The van der Waals surface area contributed by atoms with Crippen molar-refractivity contribution in [1.29, 1.82) is 0 Å². The molecule has 2 aromatic rings. The summed E-state index contributed by atoms with van der Waals surface area (Å²) in [6, 6.07) is 13.4. The van der Waals surface area contributed by atoms with Gasteiger partial charge in [-0.1, -0.05) is 54.6 Å². The molecule has 1 aliphatic heterocycles. The number of rotatable bonds is 5. The molecule has 160 valence electrons. The van der Waals surface area contributed by atoms with Gasteiger partial charge in [-0.15, -0.1) is 0 Å². The lowest BCUT2D eigenvalue weighted by Crippen LogP contribution is -2.42. The highest BCUT2D eigenvalue weighted by Gasteiger charge is 2.42. The Balaban J connectivity index is 1.50. The number of imide groups is 1. The molecule has 0 saturated heterocycles. The first-order valence-electron chi connectivity index (χ1n) is 10.2. The molecule has 0 aromatic heterocycles. The summed E-state index contributed by atoms with van der Waals surface area (Å²) in [5, 5.41) is 6.11. The number of nitrogens with one attached hydrogen (secondary N) is 2. The molecule has 0 bridgehead atoms. The first-order valence-corrected chi connectivity index (χ1v) is 10.9. The molecule has 2 aliphatic rings. The van der Waals surface area contributed by atoms with E-state index in [-0.39, 0.29) is 22.7 Å². The largest absolute Gasteiger partial charge is 0.350 e. The molecular weight excluding hydrogens is 437 g/mol. The number of benzene rings is 2. The molecule has 31 heavy (non-hydrogen) atoms. The van der Waals surface area contributed by atoms with Crippen LogP contribution >= 0.6 is 23.2 Å². The summed E-state index contributed by atoms with van der Waals surface area (Å²) in [5.74, 6) is -1.21. The van der Waals surface area contributed by atoms with E-state index in [1.165, 1.54) is 4.90 Å². The number of nitrogens with zero attached hydrogens (tertiary/aromatic N) is 1.